The molecule has 0 aliphatic carbocycles. The summed E-state index contributed by atoms with van der Waals surface area (Å²) in [5.74, 6) is -0.324. The predicted octanol–water partition coefficient (Wildman–Crippen LogP) is 1.95. The van der Waals surface area contributed by atoms with Crippen molar-refractivity contribution in [3.8, 4) is 0 Å². The fourth-order valence-electron chi connectivity index (χ4n) is 2.27. The average Bonchev–Trinajstić information content (AvgIpc) is 2.53. The third kappa shape index (κ3) is 5.57. The molecule has 0 bridgehead atoms. The summed E-state index contributed by atoms with van der Waals surface area (Å²) < 4.78 is 47.6. The maximum absolute atomic E-state index is 12.3. The van der Waals surface area contributed by atoms with Gasteiger partial charge in [0.15, 0.2) is 9.84 Å². The first-order valence-electron chi connectivity index (χ1n) is 7.64. The minimum Gasteiger partial charge on any atom is -0.346 e. The van der Waals surface area contributed by atoms with E-state index in [4.69, 9.17) is 0 Å². The van der Waals surface area contributed by atoms with Gasteiger partial charge >= 0.3 is 0 Å². The Morgan fingerprint density at radius 1 is 0.885 bits per heavy atom. The lowest BCUT2D eigenvalue weighted by Crippen LogP contribution is -2.26. The average molecular weight is 396 g/mol. The van der Waals surface area contributed by atoms with Gasteiger partial charge in [0.1, 0.15) is 0 Å². The smallest absolute Gasteiger partial charge is 0.251 e. The second-order valence-electron chi connectivity index (χ2n) is 5.99. The molecule has 1 unspecified atom stereocenters. The molecule has 0 fully saturated rings. The highest BCUT2D eigenvalue weighted by atomic mass is 32.2. The molecule has 0 spiro atoms. The van der Waals surface area contributed by atoms with E-state index in [9.17, 15) is 21.6 Å². The largest absolute Gasteiger partial charge is 0.346 e. The Morgan fingerprint density at radius 2 is 1.42 bits per heavy atom. The van der Waals surface area contributed by atoms with E-state index < -0.39 is 19.9 Å². The zero-order valence-corrected chi connectivity index (χ0v) is 16.2. The SMILES string of the molecule is CC(NC(=O)c1ccc(NS(C)(=O)=O)cc1)c1ccc(S(C)(=O)=O)cc1. The van der Waals surface area contributed by atoms with Gasteiger partial charge < -0.3 is 5.32 Å². The molecule has 2 aromatic rings. The van der Waals surface area contributed by atoms with Gasteiger partial charge in [0.05, 0.1) is 17.2 Å². The van der Waals surface area contributed by atoms with E-state index in [1.165, 1.54) is 36.4 Å². The van der Waals surface area contributed by atoms with Crippen LogP contribution in [-0.2, 0) is 19.9 Å². The molecule has 140 valence electrons. The van der Waals surface area contributed by atoms with Crippen LogP contribution >= 0.6 is 0 Å². The van der Waals surface area contributed by atoms with Gasteiger partial charge in [-0.1, -0.05) is 12.1 Å². The van der Waals surface area contributed by atoms with Crippen molar-refractivity contribution in [3.05, 3.63) is 59.7 Å². The molecule has 0 aliphatic rings. The van der Waals surface area contributed by atoms with Gasteiger partial charge in [-0.05, 0) is 48.9 Å². The normalized spacial score (nSPS) is 13.0. The lowest BCUT2D eigenvalue weighted by atomic mass is 10.1. The molecule has 1 amide bonds. The summed E-state index contributed by atoms with van der Waals surface area (Å²) in [7, 11) is -6.64. The molecule has 7 nitrogen and oxygen atoms in total. The van der Waals surface area contributed by atoms with Crippen molar-refractivity contribution in [3.63, 3.8) is 0 Å². The van der Waals surface area contributed by atoms with Gasteiger partial charge in [-0.15, -0.1) is 0 Å². The first kappa shape index (κ1) is 19.9. The van der Waals surface area contributed by atoms with Crippen LogP contribution in [0.4, 0.5) is 5.69 Å². The Balaban J connectivity index is 2.07. The number of carbonyl (C=O) groups excluding carboxylic acids is 1. The van der Waals surface area contributed by atoms with Crippen LogP contribution in [0.3, 0.4) is 0 Å². The van der Waals surface area contributed by atoms with Crippen LogP contribution in [0.2, 0.25) is 0 Å². The third-order valence-electron chi connectivity index (χ3n) is 3.61. The molecular formula is C17H20N2O5S2. The molecule has 2 aromatic carbocycles. The first-order valence-corrected chi connectivity index (χ1v) is 11.4. The maximum Gasteiger partial charge on any atom is 0.251 e. The van der Waals surface area contributed by atoms with Gasteiger partial charge in [-0.3, -0.25) is 9.52 Å². The highest BCUT2D eigenvalue weighted by Crippen LogP contribution is 2.17. The molecule has 0 radical (unpaired) electrons. The molecular weight excluding hydrogens is 376 g/mol. The first-order chi connectivity index (χ1) is 12.0. The third-order valence-corrected chi connectivity index (χ3v) is 5.34. The molecule has 0 saturated carbocycles. The number of hydrogen-bond donors (Lipinski definition) is 2. The van der Waals surface area contributed by atoms with Crippen LogP contribution < -0.4 is 10.0 Å². The number of carbonyl (C=O) groups is 1. The van der Waals surface area contributed by atoms with E-state index in [2.05, 4.69) is 10.0 Å². The van der Waals surface area contributed by atoms with Gasteiger partial charge in [0.2, 0.25) is 10.0 Å². The summed E-state index contributed by atoms with van der Waals surface area (Å²) >= 11 is 0. The number of sulfone groups is 1. The Labute approximate surface area is 153 Å². The zero-order valence-electron chi connectivity index (χ0n) is 14.6. The summed E-state index contributed by atoms with van der Waals surface area (Å²) in [5, 5.41) is 2.81. The Hall–Kier alpha value is -2.39. The predicted molar refractivity (Wildman–Crippen MR) is 100 cm³/mol. The Morgan fingerprint density at radius 3 is 1.88 bits per heavy atom. The number of benzene rings is 2. The van der Waals surface area contributed by atoms with E-state index in [-0.39, 0.29) is 16.8 Å². The molecule has 2 N–H and O–H groups in total. The zero-order chi connectivity index (χ0) is 19.5. The molecule has 0 saturated heterocycles. The van der Waals surface area contributed by atoms with E-state index in [1.807, 2.05) is 0 Å². The summed E-state index contributed by atoms with van der Waals surface area (Å²) in [6.45, 7) is 1.78. The fraction of sp³-hybridized carbons (Fsp3) is 0.235. The van der Waals surface area contributed by atoms with Crippen molar-refractivity contribution in [2.45, 2.75) is 17.9 Å². The van der Waals surface area contributed by atoms with Crippen LogP contribution in [0.25, 0.3) is 0 Å². The van der Waals surface area contributed by atoms with Crippen molar-refractivity contribution in [2.75, 3.05) is 17.2 Å². The van der Waals surface area contributed by atoms with Crippen molar-refractivity contribution >= 4 is 31.5 Å². The number of anilines is 1. The van der Waals surface area contributed by atoms with Crippen LogP contribution in [0.5, 0.6) is 0 Å². The standard InChI is InChI=1S/C17H20N2O5S2/c1-12(13-6-10-16(11-7-13)25(2,21)22)18-17(20)14-4-8-15(9-5-14)19-26(3,23)24/h4-12,19H,1-3H3,(H,18,20). The molecule has 1 atom stereocenters. The second kappa shape index (κ2) is 7.46. The number of rotatable bonds is 6. The monoisotopic (exact) mass is 396 g/mol. The lowest BCUT2D eigenvalue weighted by Gasteiger charge is -2.15. The maximum atomic E-state index is 12.3. The molecule has 2 rings (SSSR count). The van der Waals surface area contributed by atoms with Crippen molar-refractivity contribution in [1.29, 1.82) is 0 Å². The van der Waals surface area contributed by atoms with E-state index in [0.717, 1.165) is 18.1 Å². The van der Waals surface area contributed by atoms with Crippen molar-refractivity contribution < 1.29 is 21.6 Å². The van der Waals surface area contributed by atoms with Crippen LogP contribution in [0.1, 0.15) is 28.9 Å². The van der Waals surface area contributed by atoms with E-state index >= 15 is 0 Å². The summed E-state index contributed by atoms with van der Waals surface area (Å²) in [4.78, 5) is 12.5. The Kier molecular flexibility index (Phi) is 5.72. The van der Waals surface area contributed by atoms with E-state index in [1.54, 1.807) is 19.1 Å². The number of hydrogen-bond acceptors (Lipinski definition) is 5. The molecule has 26 heavy (non-hydrogen) atoms. The number of sulfonamides is 1. The quantitative estimate of drug-likeness (QED) is 0.776. The summed E-state index contributed by atoms with van der Waals surface area (Å²) in [6.07, 6.45) is 2.18. The molecule has 0 heterocycles. The second-order valence-corrected chi connectivity index (χ2v) is 9.75. The number of amides is 1. The van der Waals surface area contributed by atoms with Crippen LogP contribution in [0.15, 0.2) is 53.4 Å². The highest BCUT2D eigenvalue weighted by Gasteiger charge is 2.13. The Bertz CT molecular complexity index is 996. The summed E-state index contributed by atoms with van der Waals surface area (Å²) in [6, 6.07) is 12.0. The van der Waals surface area contributed by atoms with E-state index in [0.29, 0.717) is 11.3 Å². The van der Waals surface area contributed by atoms with Gasteiger partial charge in [0.25, 0.3) is 5.91 Å². The highest BCUT2D eigenvalue weighted by molar-refractivity contribution is 7.92. The van der Waals surface area contributed by atoms with Crippen LogP contribution in [-0.4, -0.2) is 35.3 Å². The molecule has 9 heteroatoms. The lowest BCUT2D eigenvalue weighted by molar-refractivity contribution is 0.0940. The number of nitrogens with one attached hydrogen (secondary N) is 2. The van der Waals surface area contributed by atoms with Crippen molar-refractivity contribution in [1.82, 2.24) is 5.32 Å². The minimum atomic E-state index is -3.37. The molecule has 0 aliphatic heterocycles. The van der Waals surface area contributed by atoms with Crippen LogP contribution in [0, 0.1) is 0 Å². The van der Waals surface area contributed by atoms with Crippen molar-refractivity contribution in [2.24, 2.45) is 0 Å². The topological polar surface area (TPSA) is 109 Å². The summed E-state index contributed by atoms with van der Waals surface area (Å²) in [5.41, 5.74) is 1.51. The molecule has 0 aromatic heterocycles. The van der Waals surface area contributed by atoms with Gasteiger partial charge in [-0.25, -0.2) is 16.8 Å². The van der Waals surface area contributed by atoms with Gasteiger partial charge in [0, 0.05) is 17.5 Å². The minimum absolute atomic E-state index is 0.216. The fourth-order valence-corrected chi connectivity index (χ4v) is 3.47. The van der Waals surface area contributed by atoms with Gasteiger partial charge in [-0.2, -0.15) is 0 Å².